The Balaban J connectivity index is 2.68. The second-order valence-corrected chi connectivity index (χ2v) is 4.65. The van der Waals surface area contributed by atoms with E-state index in [-0.39, 0.29) is 5.56 Å². The molecular formula is C15H13ClO3. The smallest absolute Gasteiger partial charge is 0.339 e. The predicted octanol–water partition coefficient (Wildman–Crippen LogP) is 4.02. The third kappa shape index (κ3) is 2.71. The molecule has 0 aromatic heterocycles. The standard InChI is InChI=1S/C15H13ClO3/c1-9-6-10(8-11(16)7-9)12-4-3-5-13(15(17)18)14(12)19-2/h3-8H,1-2H3,(H,17,18). The highest BCUT2D eigenvalue weighted by Crippen LogP contribution is 2.34. The monoisotopic (exact) mass is 276 g/mol. The van der Waals surface area contributed by atoms with Gasteiger partial charge in [-0.1, -0.05) is 29.8 Å². The molecule has 0 aliphatic carbocycles. The van der Waals surface area contributed by atoms with Gasteiger partial charge in [0, 0.05) is 10.6 Å². The Morgan fingerprint density at radius 1 is 1.26 bits per heavy atom. The van der Waals surface area contributed by atoms with Gasteiger partial charge in [0.1, 0.15) is 11.3 Å². The molecule has 1 N–H and O–H groups in total. The second kappa shape index (κ2) is 5.33. The van der Waals surface area contributed by atoms with E-state index < -0.39 is 5.97 Å². The molecule has 0 unspecified atom stereocenters. The number of benzene rings is 2. The number of hydrogen-bond donors (Lipinski definition) is 1. The lowest BCUT2D eigenvalue weighted by Crippen LogP contribution is -2.01. The fraction of sp³-hybridized carbons (Fsp3) is 0.133. The van der Waals surface area contributed by atoms with Gasteiger partial charge < -0.3 is 9.84 Å². The molecule has 4 heteroatoms. The van der Waals surface area contributed by atoms with E-state index in [2.05, 4.69) is 0 Å². The Morgan fingerprint density at radius 2 is 2.00 bits per heavy atom. The van der Waals surface area contributed by atoms with Crippen molar-refractivity contribution in [2.45, 2.75) is 6.92 Å². The fourth-order valence-corrected chi connectivity index (χ4v) is 2.33. The van der Waals surface area contributed by atoms with E-state index in [9.17, 15) is 9.90 Å². The summed E-state index contributed by atoms with van der Waals surface area (Å²) in [5.41, 5.74) is 2.70. The maximum Gasteiger partial charge on any atom is 0.339 e. The highest BCUT2D eigenvalue weighted by molar-refractivity contribution is 6.31. The van der Waals surface area contributed by atoms with Gasteiger partial charge in [-0.2, -0.15) is 0 Å². The van der Waals surface area contributed by atoms with Crippen LogP contribution in [0.1, 0.15) is 15.9 Å². The molecule has 19 heavy (non-hydrogen) atoms. The SMILES string of the molecule is COc1c(C(=O)O)cccc1-c1cc(C)cc(Cl)c1. The molecule has 0 aliphatic heterocycles. The zero-order chi connectivity index (χ0) is 14.0. The third-order valence-electron chi connectivity index (χ3n) is 2.80. The average molecular weight is 277 g/mol. The molecule has 2 rings (SSSR count). The van der Waals surface area contributed by atoms with Crippen molar-refractivity contribution in [3.8, 4) is 16.9 Å². The number of aryl methyl sites for hydroxylation is 1. The zero-order valence-electron chi connectivity index (χ0n) is 10.6. The number of carboxylic acid groups (broad SMARTS) is 1. The first-order valence-corrected chi connectivity index (χ1v) is 6.08. The summed E-state index contributed by atoms with van der Waals surface area (Å²) in [5, 5.41) is 9.78. The summed E-state index contributed by atoms with van der Waals surface area (Å²) in [6.45, 7) is 1.93. The van der Waals surface area contributed by atoms with Crippen molar-refractivity contribution in [2.24, 2.45) is 0 Å². The van der Waals surface area contributed by atoms with Crippen LogP contribution in [0, 0.1) is 6.92 Å². The molecule has 0 heterocycles. The van der Waals surface area contributed by atoms with Gasteiger partial charge in [-0.3, -0.25) is 0 Å². The van der Waals surface area contributed by atoms with Gasteiger partial charge in [-0.25, -0.2) is 4.79 Å². The minimum Gasteiger partial charge on any atom is -0.495 e. The van der Waals surface area contributed by atoms with Gasteiger partial charge in [-0.15, -0.1) is 0 Å². The number of carbonyl (C=O) groups is 1. The molecule has 2 aromatic carbocycles. The van der Waals surface area contributed by atoms with E-state index in [4.69, 9.17) is 16.3 Å². The highest BCUT2D eigenvalue weighted by Gasteiger charge is 2.16. The van der Waals surface area contributed by atoms with Crippen LogP contribution >= 0.6 is 11.6 Å². The van der Waals surface area contributed by atoms with Crippen molar-refractivity contribution in [3.05, 3.63) is 52.5 Å². The number of aromatic carboxylic acids is 1. The largest absolute Gasteiger partial charge is 0.495 e. The molecule has 0 saturated heterocycles. The van der Waals surface area contributed by atoms with Gasteiger partial charge in [-0.05, 0) is 36.2 Å². The number of carboxylic acids is 1. The maximum absolute atomic E-state index is 11.2. The third-order valence-corrected chi connectivity index (χ3v) is 3.02. The maximum atomic E-state index is 11.2. The van der Waals surface area contributed by atoms with Crippen LogP contribution in [-0.2, 0) is 0 Å². The summed E-state index contributed by atoms with van der Waals surface area (Å²) < 4.78 is 5.25. The highest BCUT2D eigenvalue weighted by atomic mass is 35.5. The van der Waals surface area contributed by atoms with Crippen LogP contribution in [0.2, 0.25) is 5.02 Å². The lowest BCUT2D eigenvalue weighted by molar-refractivity contribution is 0.0693. The first kappa shape index (κ1) is 13.4. The summed E-state index contributed by atoms with van der Waals surface area (Å²) in [6.07, 6.45) is 0. The average Bonchev–Trinajstić information content (AvgIpc) is 2.36. The van der Waals surface area contributed by atoms with E-state index in [1.165, 1.54) is 13.2 Å². The summed E-state index contributed by atoms with van der Waals surface area (Å²) in [7, 11) is 1.46. The molecule has 0 aliphatic rings. The Kier molecular flexibility index (Phi) is 3.76. The van der Waals surface area contributed by atoms with E-state index in [0.29, 0.717) is 16.3 Å². The van der Waals surface area contributed by atoms with Crippen LogP contribution in [-0.4, -0.2) is 18.2 Å². The number of para-hydroxylation sites is 1. The molecule has 0 atom stereocenters. The zero-order valence-corrected chi connectivity index (χ0v) is 11.4. The fourth-order valence-electron chi connectivity index (χ4n) is 2.04. The van der Waals surface area contributed by atoms with Crippen LogP contribution in [0.5, 0.6) is 5.75 Å². The van der Waals surface area contributed by atoms with Crippen molar-refractivity contribution in [1.82, 2.24) is 0 Å². The topological polar surface area (TPSA) is 46.5 Å². The van der Waals surface area contributed by atoms with Crippen molar-refractivity contribution < 1.29 is 14.6 Å². The Bertz CT molecular complexity index is 615. The van der Waals surface area contributed by atoms with Gasteiger partial charge in [0.15, 0.2) is 0 Å². The number of rotatable bonds is 3. The van der Waals surface area contributed by atoms with Crippen LogP contribution in [0.15, 0.2) is 36.4 Å². The Morgan fingerprint density at radius 3 is 2.58 bits per heavy atom. The van der Waals surface area contributed by atoms with Gasteiger partial charge in [0.25, 0.3) is 0 Å². The van der Waals surface area contributed by atoms with Crippen LogP contribution in [0.4, 0.5) is 0 Å². The van der Waals surface area contributed by atoms with Crippen LogP contribution in [0.3, 0.4) is 0 Å². The molecule has 2 aromatic rings. The number of ether oxygens (including phenoxy) is 1. The lowest BCUT2D eigenvalue weighted by atomic mass is 10.00. The number of hydrogen-bond acceptors (Lipinski definition) is 2. The van der Waals surface area contributed by atoms with E-state index in [1.807, 2.05) is 25.1 Å². The molecule has 0 bridgehead atoms. The molecule has 3 nitrogen and oxygen atoms in total. The van der Waals surface area contributed by atoms with Gasteiger partial charge in [0.2, 0.25) is 0 Å². The molecule has 0 amide bonds. The summed E-state index contributed by atoms with van der Waals surface area (Å²) >= 11 is 6.04. The van der Waals surface area contributed by atoms with Crippen LogP contribution in [0.25, 0.3) is 11.1 Å². The molecule has 0 radical (unpaired) electrons. The molecule has 0 fully saturated rings. The minimum atomic E-state index is -1.02. The number of methoxy groups -OCH3 is 1. The normalized spacial score (nSPS) is 10.3. The summed E-state index contributed by atoms with van der Waals surface area (Å²) in [6, 6.07) is 10.6. The van der Waals surface area contributed by atoms with Crippen molar-refractivity contribution in [1.29, 1.82) is 0 Å². The second-order valence-electron chi connectivity index (χ2n) is 4.21. The van der Waals surface area contributed by atoms with Crippen molar-refractivity contribution >= 4 is 17.6 Å². The van der Waals surface area contributed by atoms with Crippen LogP contribution < -0.4 is 4.74 Å². The first-order chi connectivity index (χ1) is 9.02. The Hall–Kier alpha value is -2.00. The molecular weight excluding hydrogens is 264 g/mol. The quantitative estimate of drug-likeness (QED) is 0.921. The molecule has 98 valence electrons. The molecule has 0 saturated carbocycles. The summed E-state index contributed by atoms with van der Waals surface area (Å²) in [4.78, 5) is 11.2. The minimum absolute atomic E-state index is 0.137. The van der Waals surface area contributed by atoms with E-state index in [1.54, 1.807) is 12.1 Å². The number of halogens is 1. The van der Waals surface area contributed by atoms with Gasteiger partial charge in [0.05, 0.1) is 7.11 Å². The predicted molar refractivity (Wildman–Crippen MR) is 75.1 cm³/mol. The van der Waals surface area contributed by atoms with Crippen molar-refractivity contribution in [3.63, 3.8) is 0 Å². The first-order valence-electron chi connectivity index (χ1n) is 5.71. The van der Waals surface area contributed by atoms with Crippen molar-refractivity contribution in [2.75, 3.05) is 7.11 Å². The van der Waals surface area contributed by atoms with E-state index in [0.717, 1.165) is 11.1 Å². The Labute approximate surface area is 116 Å². The van der Waals surface area contributed by atoms with E-state index >= 15 is 0 Å². The summed E-state index contributed by atoms with van der Waals surface area (Å²) in [5.74, 6) is -0.672. The van der Waals surface area contributed by atoms with Gasteiger partial charge >= 0.3 is 5.97 Å². The molecule has 0 spiro atoms. The lowest BCUT2D eigenvalue weighted by Gasteiger charge is -2.12.